The topological polar surface area (TPSA) is 20.3 Å². The summed E-state index contributed by atoms with van der Waals surface area (Å²) in [7, 11) is 0. The molecule has 0 aliphatic carbocycles. The Morgan fingerprint density at radius 3 is 2.63 bits per heavy atom. The number of aromatic nitrogens is 1. The number of benzene rings is 2. The number of rotatable bonds is 5. The molecule has 0 atom stereocenters. The minimum Gasteiger partial charge on any atom is -0.398 e. The van der Waals surface area contributed by atoms with Gasteiger partial charge in [0.2, 0.25) is 5.58 Å². The van der Waals surface area contributed by atoms with Gasteiger partial charge in [-0.15, -0.1) is 0 Å². The van der Waals surface area contributed by atoms with E-state index < -0.39 is 0 Å². The molecule has 1 aliphatic rings. The largest absolute Gasteiger partial charge is 0.398 e. The number of anilines is 1. The smallest absolute Gasteiger partial charge is 0.374 e. The Morgan fingerprint density at radius 2 is 1.85 bits per heavy atom. The van der Waals surface area contributed by atoms with Gasteiger partial charge in [0.1, 0.15) is 6.54 Å². The fourth-order valence-electron chi connectivity index (χ4n) is 3.54. The number of fused-ring (bicyclic) bond motifs is 2. The Labute approximate surface area is 165 Å². The molecule has 4 rings (SSSR count). The highest BCUT2D eigenvalue weighted by atomic mass is 32.2. The van der Waals surface area contributed by atoms with Crippen LogP contribution >= 0.6 is 11.8 Å². The van der Waals surface area contributed by atoms with Crippen molar-refractivity contribution in [1.82, 2.24) is 0 Å². The van der Waals surface area contributed by atoms with Crippen molar-refractivity contribution in [2.75, 3.05) is 11.4 Å². The Hall–Kier alpha value is -2.46. The average molecular weight is 378 g/mol. The molecular formula is C23H25N2OS+. The Bertz CT molecular complexity index is 1030. The van der Waals surface area contributed by atoms with Crippen LogP contribution in [0.4, 0.5) is 5.69 Å². The van der Waals surface area contributed by atoms with Gasteiger partial charge in [0.05, 0.1) is 16.8 Å². The summed E-state index contributed by atoms with van der Waals surface area (Å²) in [4.78, 5) is 3.71. The number of para-hydroxylation sites is 3. The van der Waals surface area contributed by atoms with E-state index in [4.69, 9.17) is 4.42 Å². The predicted molar refractivity (Wildman–Crippen MR) is 114 cm³/mol. The van der Waals surface area contributed by atoms with Gasteiger partial charge < -0.3 is 9.32 Å². The molecule has 1 aliphatic heterocycles. The van der Waals surface area contributed by atoms with Gasteiger partial charge in [-0.25, -0.2) is 0 Å². The predicted octanol–water partition coefficient (Wildman–Crippen LogP) is 6.01. The summed E-state index contributed by atoms with van der Waals surface area (Å²) in [6, 6.07) is 16.9. The minimum atomic E-state index is 0.887. The van der Waals surface area contributed by atoms with Crippen molar-refractivity contribution >= 4 is 34.6 Å². The first-order valence-corrected chi connectivity index (χ1v) is 10.4. The standard InChI is InChI=1S/C23H25N2OS/c1-4-17(15-22-24(5-2)18-11-7-9-13-20(18)26-22)16-23-25(6-3)19-12-8-10-14-21(19)27-23/h7-16H,4-6H2,1-3H3/q+1. The lowest BCUT2D eigenvalue weighted by molar-refractivity contribution is -0.674. The van der Waals surface area contributed by atoms with Crippen LogP contribution in [0.2, 0.25) is 0 Å². The summed E-state index contributed by atoms with van der Waals surface area (Å²) in [5.74, 6) is 0.913. The number of aryl methyl sites for hydroxylation is 1. The van der Waals surface area contributed by atoms with E-state index in [2.05, 4.69) is 78.8 Å². The van der Waals surface area contributed by atoms with Crippen LogP contribution in [-0.4, -0.2) is 6.54 Å². The molecule has 3 aromatic rings. The van der Waals surface area contributed by atoms with Gasteiger partial charge >= 0.3 is 5.89 Å². The monoisotopic (exact) mass is 377 g/mol. The molecule has 27 heavy (non-hydrogen) atoms. The molecular weight excluding hydrogens is 352 g/mol. The van der Waals surface area contributed by atoms with E-state index in [0.29, 0.717) is 0 Å². The van der Waals surface area contributed by atoms with Crippen LogP contribution in [0.25, 0.3) is 17.2 Å². The zero-order valence-corrected chi connectivity index (χ0v) is 16.9. The van der Waals surface area contributed by atoms with Crippen molar-refractivity contribution in [1.29, 1.82) is 0 Å². The zero-order chi connectivity index (χ0) is 18.8. The van der Waals surface area contributed by atoms with Crippen molar-refractivity contribution < 1.29 is 8.98 Å². The third-order valence-corrected chi connectivity index (χ3v) is 6.04. The summed E-state index contributed by atoms with van der Waals surface area (Å²) in [6.07, 6.45) is 5.45. The molecule has 1 aromatic heterocycles. The van der Waals surface area contributed by atoms with Gasteiger partial charge in [0, 0.05) is 17.5 Å². The molecule has 0 spiro atoms. The highest BCUT2D eigenvalue weighted by Crippen LogP contribution is 2.46. The fraction of sp³-hybridized carbons (Fsp3) is 0.261. The lowest BCUT2D eigenvalue weighted by Crippen LogP contribution is -2.33. The van der Waals surface area contributed by atoms with E-state index in [1.165, 1.54) is 21.2 Å². The second kappa shape index (κ2) is 7.65. The van der Waals surface area contributed by atoms with Crippen LogP contribution in [0.15, 0.2) is 74.5 Å². The summed E-state index contributed by atoms with van der Waals surface area (Å²) in [5.41, 5.74) is 4.66. The first kappa shape index (κ1) is 17.9. The van der Waals surface area contributed by atoms with E-state index in [1.54, 1.807) is 0 Å². The number of hydrogen-bond acceptors (Lipinski definition) is 3. The number of thioether (sulfide) groups is 1. The van der Waals surface area contributed by atoms with E-state index >= 15 is 0 Å². The number of oxazole rings is 1. The maximum atomic E-state index is 6.14. The van der Waals surface area contributed by atoms with Gasteiger partial charge in [0.15, 0.2) is 0 Å². The quantitative estimate of drug-likeness (QED) is 0.508. The molecule has 2 aromatic carbocycles. The third kappa shape index (κ3) is 3.30. The Kier molecular flexibility index (Phi) is 5.08. The molecule has 0 unspecified atom stereocenters. The fourth-order valence-corrected chi connectivity index (χ4v) is 4.74. The second-order valence-corrected chi connectivity index (χ2v) is 7.58. The lowest BCUT2D eigenvalue weighted by atomic mass is 10.2. The number of hydrogen-bond donors (Lipinski definition) is 0. The molecule has 0 N–H and O–H groups in total. The van der Waals surface area contributed by atoms with Crippen molar-refractivity contribution in [2.24, 2.45) is 0 Å². The highest BCUT2D eigenvalue weighted by Gasteiger charge is 2.24. The molecule has 0 radical (unpaired) electrons. The molecule has 0 saturated carbocycles. The third-order valence-electron chi connectivity index (χ3n) is 4.93. The molecule has 0 amide bonds. The molecule has 3 nitrogen and oxygen atoms in total. The molecule has 2 heterocycles. The average Bonchev–Trinajstić information content (AvgIpc) is 3.23. The summed E-state index contributed by atoms with van der Waals surface area (Å²) < 4.78 is 8.37. The van der Waals surface area contributed by atoms with E-state index in [-0.39, 0.29) is 0 Å². The highest BCUT2D eigenvalue weighted by molar-refractivity contribution is 8.03. The van der Waals surface area contributed by atoms with Crippen LogP contribution < -0.4 is 9.47 Å². The van der Waals surface area contributed by atoms with Gasteiger partial charge in [-0.05, 0) is 50.1 Å². The van der Waals surface area contributed by atoms with Crippen LogP contribution in [0.3, 0.4) is 0 Å². The molecule has 0 fully saturated rings. The van der Waals surface area contributed by atoms with Gasteiger partial charge in [-0.1, -0.05) is 43.0 Å². The SMILES string of the molecule is CCC(/C=C1\Sc2ccccc2N1CC)=C\c1oc2ccccc2[n+]1CC. The van der Waals surface area contributed by atoms with Gasteiger partial charge in [-0.3, -0.25) is 0 Å². The second-order valence-electron chi connectivity index (χ2n) is 6.52. The van der Waals surface area contributed by atoms with Crippen molar-refractivity contribution in [3.63, 3.8) is 0 Å². The molecule has 138 valence electrons. The molecule has 0 bridgehead atoms. The van der Waals surface area contributed by atoms with E-state index in [1.807, 2.05) is 23.9 Å². The van der Waals surface area contributed by atoms with Crippen LogP contribution in [0.1, 0.15) is 33.1 Å². The normalized spacial score (nSPS) is 15.7. The van der Waals surface area contributed by atoms with Gasteiger partial charge in [-0.2, -0.15) is 4.57 Å². The zero-order valence-electron chi connectivity index (χ0n) is 16.1. The van der Waals surface area contributed by atoms with E-state index in [0.717, 1.165) is 36.5 Å². The minimum absolute atomic E-state index is 0.887. The van der Waals surface area contributed by atoms with Crippen molar-refractivity contribution in [3.05, 3.63) is 71.1 Å². The Morgan fingerprint density at radius 1 is 1.07 bits per heavy atom. The van der Waals surface area contributed by atoms with Crippen LogP contribution in [-0.2, 0) is 6.54 Å². The number of allylic oxidation sites excluding steroid dienone is 2. The first-order chi connectivity index (χ1) is 13.2. The van der Waals surface area contributed by atoms with Crippen LogP contribution in [0, 0.1) is 0 Å². The molecule has 0 saturated heterocycles. The molecule has 4 heteroatoms. The van der Waals surface area contributed by atoms with Crippen LogP contribution in [0.5, 0.6) is 0 Å². The van der Waals surface area contributed by atoms with E-state index in [9.17, 15) is 0 Å². The van der Waals surface area contributed by atoms with Crippen molar-refractivity contribution in [3.8, 4) is 0 Å². The first-order valence-electron chi connectivity index (χ1n) is 9.63. The summed E-state index contributed by atoms with van der Waals surface area (Å²) in [6.45, 7) is 8.41. The number of nitrogens with zero attached hydrogens (tertiary/aromatic N) is 2. The Balaban J connectivity index is 1.74. The summed E-state index contributed by atoms with van der Waals surface area (Å²) >= 11 is 1.85. The maximum Gasteiger partial charge on any atom is 0.374 e. The summed E-state index contributed by atoms with van der Waals surface area (Å²) in [5, 5.41) is 1.28. The maximum absolute atomic E-state index is 6.14. The lowest BCUT2D eigenvalue weighted by Gasteiger charge is -2.18. The van der Waals surface area contributed by atoms with Crippen molar-refractivity contribution in [2.45, 2.75) is 38.6 Å². The van der Waals surface area contributed by atoms with Gasteiger partial charge in [0.25, 0.3) is 5.52 Å².